The third kappa shape index (κ3) is 0.323. The second-order valence-corrected chi connectivity index (χ2v) is 7.53. The van der Waals surface area contributed by atoms with Gasteiger partial charge >= 0.3 is 0 Å². The van der Waals surface area contributed by atoms with E-state index in [4.69, 9.17) is 0 Å². The van der Waals surface area contributed by atoms with Gasteiger partial charge in [0.15, 0.2) is 0 Å². The summed E-state index contributed by atoms with van der Waals surface area (Å²) in [4.78, 5) is 24.7. The Kier molecular flexibility index (Phi) is 0.646. The molecule has 0 aromatic heterocycles. The predicted octanol–water partition coefficient (Wildman–Crippen LogP) is 0.614. The highest BCUT2D eigenvalue weighted by atomic mass is 16.1. The van der Waals surface area contributed by atoms with Crippen molar-refractivity contribution in [3.8, 4) is 0 Å². The van der Waals surface area contributed by atoms with Gasteiger partial charge in [-0.1, -0.05) is 0 Å². The summed E-state index contributed by atoms with van der Waals surface area (Å²) in [7, 11) is 0. The summed E-state index contributed by atoms with van der Waals surface area (Å²) in [6.07, 6.45) is 0. The fourth-order valence-corrected chi connectivity index (χ4v) is 8.58. The molecule has 0 N–H and O–H groups in total. The first-order valence-corrected chi connectivity index (χ1v) is 6.90. The van der Waals surface area contributed by atoms with Crippen molar-refractivity contribution in [1.82, 2.24) is 0 Å². The highest BCUT2D eigenvalue weighted by molar-refractivity contribution is 5.99. The van der Waals surface area contributed by atoms with Crippen molar-refractivity contribution < 1.29 is 9.59 Å². The van der Waals surface area contributed by atoms with Gasteiger partial charge in [0, 0.05) is 23.7 Å². The standard InChI is InChI=1S/C14H12O2/c15-13-9-1-2-4-3(1)11-7-5(9)6(10(2)13)8(7)12(4)14(11)16/h1-12H. The maximum absolute atomic E-state index is 12.3. The molecule has 6 aliphatic carbocycles. The zero-order chi connectivity index (χ0) is 10.1. The van der Waals surface area contributed by atoms with Gasteiger partial charge in [0.2, 0.25) is 0 Å². The molecule has 4 bridgehead atoms. The Hall–Kier alpha value is -0.660. The number of Topliss-reactive ketones (excluding diaryl/α,β-unsaturated/α-hetero) is 2. The molecule has 2 heteroatoms. The van der Waals surface area contributed by atoms with Crippen LogP contribution in [-0.2, 0) is 9.59 Å². The van der Waals surface area contributed by atoms with Crippen LogP contribution in [0.2, 0.25) is 0 Å². The number of hydrogen-bond donors (Lipinski definition) is 0. The van der Waals surface area contributed by atoms with Crippen molar-refractivity contribution in [2.75, 3.05) is 0 Å². The predicted molar refractivity (Wildman–Crippen MR) is 51.9 cm³/mol. The van der Waals surface area contributed by atoms with Crippen molar-refractivity contribution in [3.05, 3.63) is 0 Å². The molecule has 6 rings (SSSR count). The third-order valence-electron chi connectivity index (χ3n) is 8.19. The van der Waals surface area contributed by atoms with Gasteiger partial charge < -0.3 is 0 Å². The molecule has 6 aliphatic rings. The maximum Gasteiger partial charge on any atom is 0.140 e. The lowest BCUT2D eigenvalue weighted by atomic mass is 9.28. The first kappa shape index (κ1) is 6.93. The Morgan fingerprint density at radius 2 is 0.625 bits per heavy atom. The number of carbonyl (C=O) groups excluding carboxylic acids is 2. The lowest BCUT2D eigenvalue weighted by Crippen LogP contribution is -2.73. The molecule has 0 atom stereocenters. The van der Waals surface area contributed by atoms with E-state index in [-0.39, 0.29) is 0 Å². The van der Waals surface area contributed by atoms with E-state index in [1.165, 1.54) is 0 Å². The van der Waals surface area contributed by atoms with Crippen LogP contribution in [0, 0.1) is 71.0 Å². The fourth-order valence-electron chi connectivity index (χ4n) is 8.58. The molecular weight excluding hydrogens is 200 g/mol. The van der Waals surface area contributed by atoms with Crippen LogP contribution in [0.25, 0.3) is 0 Å². The quantitative estimate of drug-likeness (QED) is 0.551. The Balaban J connectivity index is 1.66. The lowest BCUT2D eigenvalue weighted by Gasteiger charge is -2.74. The molecule has 16 heavy (non-hydrogen) atoms. The average Bonchev–Trinajstić information content (AvgIpc) is 2.75. The summed E-state index contributed by atoms with van der Waals surface area (Å²) >= 11 is 0. The van der Waals surface area contributed by atoms with Crippen LogP contribution in [0.1, 0.15) is 0 Å². The Morgan fingerprint density at radius 3 is 0.812 bits per heavy atom. The molecule has 6 saturated carbocycles. The number of fused-ring (bicyclic) bond motifs is 20. The molecule has 0 amide bonds. The first-order chi connectivity index (χ1) is 7.82. The van der Waals surface area contributed by atoms with Crippen molar-refractivity contribution in [2.24, 2.45) is 71.0 Å². The lowest BCUT2D eigenvalue weighted by molar-refractivity contribution is -0.297. The van der Waals surface area contributed by atoms with E-state index in [1.54, 1.807) is 0 Å². The van der Waals surface area contributed by atoms with Gasteiger partial charge in [-0.3, -0.25) is 9.59 Å². The normalized spacial score (nSPS) is 85.8. The van der Waals surface area contributed by atoms with Gasteiger partial charge in [-0.15, -0.1) is 0 Å². The molecule has 0 saturated heterocycles. The molecule has 2 nitrogen and oxygen atoms in total. The summed E-state index contributed by atoms with van der Waals surface area (Å²) in [6.45, 7) is 0. The molecule has 6 fully saturated rings. The number of rotatable bonds is 0. The van der Waals surface area contributed by atoms with Gasteiger partial charge in [0.1, 0.15) is 11.6 Å². The Morgan fingerprint density at radius 1 is 0.438 bits per heavy atom. The van der Waals surface area contributed by atoms with Crippen LogP contribution in [0.3, 0.4) is 0 Å². The van der Waals surface area contributed by atoms with Crippen LogP contribution in [0.4, 0.5) is 0 Å². The van der Waals surface area contributed by atoms with Crippen molar-refractivity contribution in [3.63, 3.8) is 0 Å². The van der Waals surface area contributed by atoms with E-state index >= 15 is 0 Å². The number of carbonyl (C=O) groups is 2. The molecule has 0 aromatic carbocycles. The largest absolute Gasteiger partial charge is 0.299 e. The van der Waals surface area contributed by atoms with Gasteiger partial charge in [-0.2, -0.15) is 0 Å². The van der Waals surface area contributed by atoms with Crippen molar-refractivity contribution >= 4 is 11.6 Å². The molecule has 0 aromatic rings. The molecule has 0 spiro atoms. The summed E-state index contributed by atoms with van der Waals surface area (Å²) in [6, 6.07) is 0. The smallest absolute Gasteiger partial charge is 0.140 e. The molecular formula is C14H12O2. The van der Waals surface area contributed by atoms with Gasteiger partial charge in [-0.25, -0.2) is 0 Å². The molecule has 0 unspecified atom stereocenters. The molecule has 80 valence electrons. The summed E-state index contributed by atoms with van der Waals surface area (Å²) in [5, 5.41) is 0. The average molecular weight is 212 g/mol. The van der Waals surface area contributed by atoms with E-state index in [1.807, 2.05) is 0 Å². The highest BCUT2D eigenvalue weighted by Crippen LogP contribution is 2.91. The van der Waals surface area contributed by atoms with Gasteiger partial charge in [0.05, 0.1) is 0 Å². The van der Waals surface area contributed by atoms with E-state index in [0.717, 1.165) is 0 Å². The number of hydrogen-bond acceptors (Lipinski definition) is 2. The molecule has 0 heterocycles. The maximum atomic E-state index is 12.3. The summed E-state index contributed by atoms with van der Waals surface area (Å²) in [5.74, 6) is 8.65. The van der Waals surface area contributed by atoms with E-state index in [0.29, 0.717) is 82.6 Å². The van der Waals surface area contributed by atoms with E-state index in [9.17, 15) is 9.59 Å². The summed E-state index contributed by atoms with van der Waals surface area (Å²) < 4.78 is 0. The van der Waals surface area contributed by atoms with Crippen LogP contribution < -0.4 is 0 Å². The van der Waals surface area contributed by atoms with Crippen LogP contribution >= 0.6 is 0 Å². The second-order valence-electron chi connectivity index (χ2n) is 7.53. The minimum Gasteiger partial charge on any atom is -0.299 e. The minimum atomic E-state index is 0.450. The Labute approximate surface area is 92.8 Å². The molecule has 0 radical (unpaired) electrons. The van der Waals surface area contributed by atoms with Gasteiger partial charge in [-0.05, 0) is 47.3 Å². The second kappa shape index (κ2) is 1.49. The van der Waals surface area contributed by atoms with Crippen LogP contribution in [0.5, 0.6) is 0 Å². The topological polar surface area (TPSA) is 34.1 Å². The van der Waals surface area contributed by atoms with Crippen molar-refractivity contribution in [2.45, 2.75) is 0 Å². The summed E-state index contributed by atoms with van der Waals surface area (Å²) in [5.41, 5.74) is 0. The highest BCUT2D eigenvalue weighted by Gasteiger charge is 2.93. The zero-order valence-corrected chi connectivity index (χ0v) is 8.74. The fraction of sp³-hybridized carbons (Fsp3) is 0.857. The first-order valence-electron chi connectivity index (χ1n) is 6.90. The Bertz CT molecular complexity index is 397. The zero-order valence-electron chi connectivity index (χ0n) is 8.74. The monoisotopic (exact) mass is 212 g/mol. The van der Waals surface area contributed by atoms with E-state index in [2.05, 4.69) is 0 Å². The van der Waals surface area contributed by atoms with Gasteiger partial charge in [0.25, 0.3) is 0 Å². The third-order valence-corrected chi connectivity index (χ3v) is 8.19. The van der Waals surface area contributed by atoms with E-state index < -0.39 is 0 Å². The van der Waals surface area contributed by atoms with Crippen LogP contribution in [-0.4, -0.2) is 11.6 Å². The molecule has 0 aliphatic heterocycles. The SMILES string of the molecule is O=C1C2C3C4C1C1C2C2C5C(=O)C(C4C53)C12. The minimum absolute atomic E-state index is 0.450. The van der Waals surface area contributed by atoms with Crippen molar-refractivity contribution in [1.29, 1.82) is 0 Å². The number of ketones is 2. The van der Waals surface area contributed by atoms with Crippen LogP contribution in [0.15, 0.2) is 0 Å².